The zero-order chi connectivity index (χ0) is 14.3. The standard InChI is InChI=1S/C16H15ClN2S/c1-10-9-12-13(17)18-15(19-14(12)20-10)16(2,3)11-7-5-4-6-8-11/h4-9H,1-3H3. The number of aryl methyl sites for hydroxylation is 1. The van der Waals surface area contributed by atoms with Crippen LogP contribution in [0, 0.1) is 6.92 Å². The SMILES string of the molecule is Cc1cc2c(Cl)nc(C(C)(C)c3ccccc3)nc2s1. The maximum absolute atomic E-state index is 6.32. The van der Waals surface area contributed by atoms with Crippen LogP contribution in [0.15, 0.2) is 36.4 Å². The van der Waals surface area contributed by atoms with Gasteiger partial charge in [-0.3, -0.25) is 0 Å². The number of halogens is 1. The fourth-order valence-corrected chi connectivity index (χ4v) is 3.43. The lowest BCUT2D eigenvalue weighted by atomic mass is 9.84. The third-order valence-corrected chi connectivity index (χ3v) is 4.76. The van der Waals surface area contributed by atoms with Crippen molar-refractivity contribution in [3.05, 3.63) is 57.8 Å². The number of thiophene rings is 1. The summed E-state index contributed by atoms with van der Waals surface area (Å²) in [5.74, 6) is 0.767. The first-order valence-electron chi connectivity index (χ1n) is 6.48. The van der Waals surface area contributed by atoms with Crippen LogP contribution < -0.4 is 0 Å². The highest BCUT2D eigenvalue weighted by molar-refractivity contribution is 7.18. The normalized spacial score (nSPS) is 12.0. The van der Waals surface area contributed by atoms with Crippen LogP contribution in [-0.4, -0.2) is 9.97 Å². The predicted molar refractivity (Wildman–Crippen MR) is 85.7 cm³/mol. The van der Waals surface area contributed by atoms with Crippen molar-refractivity contribution in [1.29, 1.82) is 0 Å². The summed E-state index contributed by atoms with van der Waals surface area (Å²) in [4.78, 5) is 11.4. The molecule has 2 nitrogen and oxygen atoms in total. The van der Waals surface area contributed by atoms with E-state index >= 15 is 0 Å². The Balaban J connectivity index is 2.19. The highest BCUT2D eigenvalue weighted by Gasteiger charge is 2.27. The molecule has 0 atom stereocenters. The van der Waals surface area contributed by atoms with Crippen LogP contribution in [-0.2, 0) is 5.41 Å². The lowest BCUT2D eigenvalue weighted by molar-refractivity contribution is 0.594. The van der Waals surface area contributed by atoms with Gasteiger partial charge in [-0.1, -0.05) is 41.9 Å². The van der Waals surface area contributed by atoms with Gasteiger partial charge in [0.1, 0.15) is 15.8 Å². The first kappa shape index (κ1) is 13.5. The number of hydrogen-bond donors (Lipinski definition) is 0. The minimum Gasteiger partial charge on any atom is -0.221 e. The van der Waals surface area contributed by atoms with Crippen LogP contribution in [0.25, 0.3) is 10.2 Å². The predicted octanol–water partition coefficient (Wildman–Crippen LogP) is 4.98. The van der Waals surface area contributed by atoms with Gasteiger partial charge >= 0.3 is 0 Å². The van der Waals surface area contributed by atoms with E-state index in [1.807, 2.05) is 24.3 Å². The van der Waals surface area contributed by atoms with E-state index < -0.39 is 0 Å². The molecule has 2 heterocycles. The Kier molecular flexibility index (Phi) is 3.27. The summed E-state index contributed by atoms with van der Waals surface area (Å²) in [6.07, 6.45) is 0. The van der Waals surface area contributed by atoms with Gasteiger partial charge in [0.2, 0.25) is 0 Å². The summed E-state index contributed by atoms with van der Waals surface area (Å²) in [5, 5.41) is 1.49. The quantitative estimate of drug-likeness (QED) is 0.624. The van der Waals surface area contributed by atoms with Gasteiger partial charge in [0.05, 0.1) is 0 Å². The molecule has 0 aliphatic carbocycles. The molecule has 102 valence electrons. The van der Waals surface area contributed by atoms with Crippen molar-refractivity contribution in [3.63, 3.8) is 0 Å². The van der Waals surface area contributed by atoms with Crippen molar-refractivity contribution in [1.82, 2.24) is 9.97 Å². The van der Waals surface area contributed by atoms with Crippen molar-refractivity contribution in [3.8, 4) is 0 Å². The minimum atomic E-state index is -0.267. The van der Waals surface area contributed by atoms with E-state index in [0.29, 0.717) is 5.15 Å². The van der Waals surface area contributed by atoms with Crippen LogP contribution in [0.2, 0.25) is 5.15 Å². The number of benzene rings is 1. The number of aromatic nitrogens is 2. The molecule has 0 N–H and O–H groups in total. The maximum atomic E-state index is 6.32. The second-order valence-corrected chi connectivity index (χ2v) is 7.00. The second-order valence-electron chi connectivity index (χ2n) is 5.40. The number of fused-ring (bicyclic) bond motifs is 1. The molecular formula is C16H15ClN2S. The molecule has 0 aliphatic heterocycles. The molecule has 0 saturated carbocycles. The van der Waals surface area contributed by atoms with E-state index in [4.69, 9.17) is 16.6 Å². The summed E-state index contributed by atoms with van der Waals surface area (Å²) < 4.78 is 0. The number of nitrogens with zero attached hydrogens (tertiary/aromatic N) is 2. The Morgan fingerprint density at radius 3 is 2.50 bits per heavy atom. The fraction of sp³-hybridized carbons (Fsp3) is 0.250. The first-order valence-corrected chi connectivity index (χ1v) is 7.67. The molecule has 0 amide bonds. The minimum absolute atomic E-state index is 0.267. The van der Waals surface area contributed by atoms with Crippen LogP contribution in [0.3, 0.4) is 0 Å². The van der Waals surface area contributed by atoms with Crippen LogP contribution in [0.5, 0.6) is 0 Å². The molecule has 0 fully saturated rings. The van der Waals surface area contributed by atoms with Gasteiger partial charge in [-0.25, -0.2) is 9.97 Å². The van der Waals surface area contributed by atoms with Gasteiger partial charge < -0.3 is 0 Å². The molecule has 2 aromatic heterocycles. The smallest absolute Gasteiger partial charge is 0.141 e. The zero-order valence-electron chi connectivity index (χ0n) is 11.6. The Hall–Kier alpha value is -1.45. The van der Waals surface area contributed by atoms with Crippen LogP contribution in [0.4, 0.5) is 0 Å². The van der Waals surface area contributed by atoms with Gasteiger partial charge in [0, 0.05) is 15.7 Å². The monoisotopic (exact) mass is 302 g/mol. The first-order chi connectivity index (χ1) is 9.48. The molecule has 3 aromatic rings. The third kappa shape index (κ3) is 2.21. The van der Waals surface area contributed by atoms with Crippen molar-refractivity contribution in [2.45, 2.75) is 26.2 Å². The maximum Gasteiger partial charge on any atom is 0.141 e. The van der Waals surface area contributed by atoms with E-state index in [1.54, 1.807) is 11.3 Å². The lowest BCUT2D eigenvalue weighted by Crippen LogP contribution is -2.22. The highest BCUT2D eigenvalue weighted by Crippen LogP contribution is 2.34. The zero-order valence-corrected chi connectivity index (χ0v) is 13.2. The number of hydrogen-bond acceptors (Lipinski definition) is 3. The van der Waals surface area contributed by atoms with Gasteiger partial charge in [-0.15, -0.1) is 11.3 Å². The molecule has 0 saturated heterocycles. The molecule has 0 spiro atoms. The summed E-state index contributed by atoms with van der Waals surface area (Å²) in [6.45, 7) is 6.31. The average Bonchev–Trinajstić information content (AvgIpc) is 2.81. The number of rotatable bonds is 2. The molecule has 3 rings (SSSR count). The van der Waals surface area contributed by atoms with Crippen molar-refractivity contribution in [2.75, 3.05) is 0 Å². The topological polar surface area (TPSA) is 25.8 Å². The molecule has 0 aliphatic rings. The molecular weight excluding hydrogens is 288 g/mol. The van der Waals surface area contributed by atoms with Gasteiger partial charge in [0.25, 0.3) is 0 Å². The molecule has 1 aromatic carbocycles. The molecule has 4 heteroatoms. The van der Waals surface area contributed by atoms with E-state index in [0.717, 1.165) is 16.0 Å². The summed E-state index contributed by atoms with van der Waals surface area (Å²) in [5.41, 5.74) is 0.917. The molecule has 0 radical (unpaired) electrons. The average molecular weight is 303 g/mol. The lowest BCUT2D eigenvalue weighted by Gasteiger charge is -2.23. The molecule has 0 unspecified atom stereocenters. The summed E-state index contributed by atoms with van der Waals surface area (Å²) in [6, 6.07) is 12.3. The van der Waals surface area contributed by atoms with Gasteiger partial charge in [-0.2, -0.15) is 0 Å². The largest absolute Gasteiger partial charge is 0.221 e. The Labute approximate surface area is 127 Å². The highest BCUT2D eigenvalue weighted by atomic mass is 35.5. The Morgan fingerprint density at radius 1 is 1.10 bits per heavy atom. The van der Waals surface area contributed by atoms with E-state index in [9.17, 15) is 0 Å². The van der Waals surface area contributed by atoms with Gasteiger partial charge in [0.15, 0.2) is 0 Å². The summed E-state index contributed by atoms with van der Waals surface area (Å²) in [7, 11) is 0. The van der Waals surface area contributed by atoms with Crippen LogP contribution >= 0.6 is 22.9 Å². The third-order valence-electron chi connectivity index (χ3n) is 3.52. The van der Waals surface area contributed by atoms with Crippen molar-refractivity contribution >= 4 is 33.2 Å². The Morgan fingerprint density at radius 2 is 1.80 bits per heavy atom. The van der Waals surface area contributed by atoms with Gasteiger partial charge in [-0.05, 0) is 32.4 Å². The van der Waals surface area contributed by atoms with E-state index in [-0.39, 0.29) is 5.41 Å². The van der Waals surface area contributed by atoms with E-state index in [1.165, 1.54) is 10.4 Å². The van der Waals surface area contributed by atoms with Crippen molar-refractivity contribution in [2.24, 2.45) is 0 Å². The second kappa shape index (κ2) is 4.83. The molecule has 0 bridgehead atoms. The van der Waals surface area contributed by atoms with E-state index in [2.05, 4.69) is 37.9 Å². The fourth-order valence-electron chi connectivity index (χ4n) is 2.27. The molecule has 20 heavy (non-hydrogen) atoms. The summed E-state index contributed by atoms with van der Waals surface area (Å²) >= 11 is 7.98. The van der Waals surface area contributed by atoms with Crippen molar-refractivity contribution < 1.29 is 0 Å². The van der Waals surface area contributed by atoms with Crippen LogP contribution in [0.1, 0.15) is 30.1 Å². The Bertz CT molecular complexity index is 763.